The van der Waals surface area contributed by atoms with Crippen molar-refractivity contribution >= 4 is 0 Å². The molecular weight excluding hydrogens is 236 g/mol. The van der Waals surface area contributed by atoms with Crippen LogP contribution in [0.25, 0.3) is 0 Å². The minimum atomic E-state index is -0.0291. The number of phenols is 2. The van der Waals surface area contributed by atoms with Crippen molar-refractivity contribution in [1.29, 1.82) is 0 Å². The molecule has 1 rings (SSSR count). The molecule has 108 valence electrons. The van der Waals surface area contributed by atoms with E-state index in [1.165, 1.54) is 31.7 Å². The first-order valence-electron chi connectivity index (χ1n) is 7.45. The topological polar surface area (TPSA) is 40.5 Å². The van der Waals surface area contributed by atoms with Crippen LogP contribution in [0.2, 0.25) is 0 Å². The van der Waals surface area contributed by atoms with Crippen LogP contribution in [0.15, 0.2) is 18.2 Å². The van der Waals surface area contributed by atoms with E-state index in [1.54, 1.807) is 12.1 Å². The zero-order valence-corrected chi connectivity index (χ0v) is 12.7. The molecule has 0 aromatic heterocycles. The minimum absolute atomic E-state index is 0.0291. The maximum atomic E-state index is 9.67. The molecule has 0 amide bonds. The predicted molar refractivity (Wildman–Crippen MR) is 80.7 cm³/mol. The van der Waals surface area contributed by atoms with Gasteiger partial charge in [-0.2, -0.15) is 0 Å². The molecule has 1 aromatic carbocycles. The highest BCUT2D eigenvalue weighted by molar-refractivity contribution is 5.40. The molecule has 0 spiro atoms. The fraction of sp³-hybridized carbons (Fsp3) is 0.647. The number of unbranched alkanes of at least 4 members (excludes halogenated alkanes) is 2. The van der Waals surface area contributed by atoms with E-state index in [-0.39, 0.29) is 16.9 Å². The Balaban J connectivity index is 2.91. The first-order valence-corrected chi connectivity index (χ1v) is 7.45. The molecule has 1 atom stereocenters. The molecule has 0 saturated heterocycles. The summed E-state index contributed by atoms with van der Waals surface area (Å²) in [6.07, 6.45) is 6.09. The van der Waals surface area contributed by atoms with Gasteiger partial charge in [0.25, 0.3) is 0 Å². The van der Waals surface area contributed by atoms with Gasteiger partial charge in [-0.3, -0.25) is 0 Å². The van der Waals surface area contributed by atoms with E-state index >= 15 is 0 Å². The van der Waals surface area contributed by atoms with Gasteiger partial charge in [-0.25, -0.2) is 0 Å². The fourth-order valence-electron chi connectivity index (χ4n) is 2.92. The number of aromatic hydroxyl groups is 2. The maximum absolute atomic E-state index is 9.67. The van der Waals surface area contributed by atoms with E-state index in [4.69, 9.17) is 0 Å². The summed E-state index contributed by atoms with van der Waals surface area (Å²) in [5.41, 5.74) is 0.993. The van der Waals surface area contributed by atoms with E-state index in [0.717, 1.165) is 12.0 Å². The molecular formula is C17H28O2. The number of hydrogen-bond donors (Lipinski definition) is 2. The third-order valence-electron chi connectivity index (χ3n) is 4.32. The van der Waals surface area contributed by atoms with Crippen molar-refractivity contribution in [1.82, 2.24) is 0 Å². The van der Waals surface area contributed by atoms with Gasteiger partial charge >= 0.3 is 0 Å². The molecule has 1 aromatic rings. The summed E-state index contributed by atoms with van der Waals surface area (Å²) in [5.74, 6) is 0.859. The van der Waals surface area contributed by atoms with E-state index in [9.17, 15) is 10.2 Å². The lowest BCUT2D eigenvalue weighted by molar-refractivity contribution is 0.279. The van der Waals surface area contributed by atoms with Gasteiger partial charge < -0.3 is 10.2 Å². The normalized spacial score (nSPS) is 13.5. The maximum Gasteiger partial charge on any atom is 0.119 e. The van der Waals surface area contributed by atoms with Crippen LogP contribution >= 0.6 is 0 Å². The van der Waals surface area contributed by atoms with Gasteiger partial charge in [0.1, 0.15) is 11.5 Å². The zero-order chi connectivity index (χ0) is 14.5. The molecule has 1 unspecified atom stereocenters. The first-order chi connectivity index (χ1) is 8.91. The molecule has 0 bridgehead atoms. The average Bonchev–Trinajstić information content (AvgIpc) is 2.33. The number of benzene rings is 1. The monoisotopic (exact) mass is 264 g/mol. The van der Waals surface area contributed by atoms with Crippen LogP contribution in [0.3, 0.4) is 0 Å². The van der Waals surface area contributed by atoms with Crippen LogP contribution in [0.1, 0.15) is 65.4 Å². The zero-order valence-electron chi connectivity index (χ0n) is 12.7. The molecule has 0 aliphatic rings. The number of hydrogen-bond acceptors (Lipinski definition) is 2. The highest BCUT2D eigenvalue weighted by Crippen LogP contribution is 2.39. The van der Waals surface area contributed by atoms with Crippen LogP contribution in [0, 0.1) is 5.92 Å². The summed E-state index contributed by atoms with van der Waals surface area (Å²) < 4.78 is 0. The van der Waals surface area contributed by atoms with Crippen molar-refractivity contribution in [2.24, 2.45) is 5.92 Å². The Morgan fingerprint density at radius 2 is 1.58 bits per heavy atom. The first kappa shape index (κ1) is 15.9. The summed E-state index contributed by atoms with van der Waals surface area (Å²) in [6.45, 7) is 8.86. The van der Waals surface area contributed by atoms with Crippen molar-refractivity contribution in [3.63, 3.8) is 0 Å². The van der Waals surface area contributed by atoms with Crippen LogP contribution in [-0.4, -0.2) is 10.2 Å². The Hall–Kier alpha value is -1.18. The van der Waals surface area contributed by atoms with Gasteiger partial charge in [0.15, 0.2) is 0 Å². The smallest absolute Gasteiger partial charge is 0.119 e. The van der Waals surface area contributed by atoms with Gasteiger partial charge in [0.2, 0.25) is 0 Å². The van der Waals surface area contributed by atoms with Crippen molar-refractivity contribution in [2.45, 2.75) is 65.2 Å². The Kier molecular flexibility index (Phi) is 5.71. The molecule has 0 radical (unpaired) electrons. The predicted octanol–water partition coefficient (Wildman–Crippen LogP) is 4.98. The van der Waals surface area contributed by atoms with Gasteiger partial charge in [0, 0.05) is 6.07 Å². The van der Waals surface area contributed by atoms with Gasteiger partial charge in [-0.15, -0.1) is 0 Å². The van der Waals surface area contributed by atoms with Crippen LogP contribution < -0.4 is 0 Å². The van der Waals surface area contributed by atoms with Crippen LogP contribution in [0.4, 0.5) is 0 Å². The van der Waals surface area contributed by atoms with Crippen molar-refractivity contribution in [3.8, 4) is 11.5 Å². The van der Waals surface area contributed by atoms with Crippen LogP contribution in [-0.2, 0) is 5.41 Å². The van der Waals surface area contributed by atoms with E-state index in [0.29, 0.717) is 5.92 Å². The lowest BCUT2D eigenvalue weighted by atomic mass is 9.70. The molecule has 0 saturated carbocycles. The highest BCUT2D eigenvalue weighted by atomic mass is 16.3. The average molecular weight is 264 g/mol. The summed E-state index contributed by atoms with van der Waals surface area (Å²) in [5, 5.41) is 19.3. The largest absolute Gasteiger partial charge is 0.508 e. The van der Waals surface area contributed by atoms with Crippen molar-refractivity contribution in [3.05, 3.63) is 23.8 Å². The third-order valence-corrected chi connectivity index (χ3v) is 4.32. The number of rotatable bonds is 7. The second-order valence-electron chi connectivity index (χ2n) is 6.06. The molecule has 0 fully saturated rings. The molecule has 2 N–H and O–H groups in total. The Labute approximate surface area is 117 Å². The Bertz CT molecular complexity index is 376. The van der Waals surface area contributed by atoms with E-state index in [1.807, 2.05) is 0 Å². The second-order valence-corrected chi connectivity index (χ2v) is 6.06. The molecule has 0 aliphatic heterocycles. The fourth-order valence-corrected chi connectivity index (χ4v) is 2.92. The standard InChI is InChI=1S/C17H28O2/c1-5-7-8-9-13(6-2)17(3,4)14-10-15(18)12-16(19)11-14/h10-13,18-19H,5-9H2,1-4H3. The molecule has 19 heavy (non-hydrogen) atoms. The van der Waals surface area contributed by atoms with Crippen molar-refractivity contribution in [2.75, 3.05) is 0 Å². The van der Waals surface area contributed by atoms with E-state index in [2.05, 4.69) is 27.7 Å². The molecule has 2 heteroatoms. The Morgan fingerprint density at radius 1 is 1.00 bits per heavy atom. The van der Waals surface area contributed by atoms with Gasteiger partial charge in [0.05, 0.1) is 0 Å². The van der Waals surface area contributed by atoms with Crippen LogP contribution in [0.5, 0.6) is 11.5 Å². The SMILES string of the molecule is CCCCCC(CC)C(C)(C)c1cc(O)cc(O)c1. The minimum Gasteiger partial charge on any atom is -0.508 e. The van der Waals surface area contributed by atoms with Gasteiger partial charge in [-0.05, 0) is 35.4 Å². The Morgan fingerprint density at radius 3 is 2.05 bits per heavy atom. The summed E-state index contributed by atoms with van der Waals surface area (Å²) in [7, 11) is 0. The third kappa shape index (κ3) is 4.15. The summed E-state index contributed by atoms with van der Waals surface area (Å²) in [4.78, 5) is 0. The molecule has 0 aliphatic carbocycles. The second kappa shape index (κ2) is 6.83. The van der Waals surface area contributed by atoms with E-state index < -0.39 is 0 Å². The summed E-state index contributed by atoms with van der Waals surface area (Å²) >= 11 is 0. The lowest BCUT2D eigenvalue weighted by Crippen LogP contribution is -2.28. The lowest BCUT2D eigenvalue weighted by Gasteiger charge is -2.35. The quantitative estimate of drug-likeness (QED) is 0.682. The number of phenolic OH excluding ortho intramolecular Hbond substituents is 2. The van der Waals surface area contributed by atoms with Gasteiger partial charge in [-0.1, -0.05) is 53.4 Å². The van der Waals surface area contributed by atoms with Crippen molar-refractivity contribution < 1.29 is 10.2 Å². The highest BCUT2D eigenvalue weighted by Gasteiger charge is 2.30. The summed E-state index contributed by atoms with van der Waals surface area (Å²) in [6, 6.07) is 4.95. The molecule has 0 heterocycles. The molecule has 2 nitrogen and oxygen atoms in total.